The first-order chi connectivity index (χ1) is 21.4. The lowest BCUT2D eigenvalue weighted by molar-refractivity contribution is -0.140. The van der Waals surface area contributed by atoms with Gasteiger partial charge in [-0.05, 0) is 61.8 Å². The summed E-state index contributed by atoms with van der Waals surface area (Å²) in [7, 11) is -3.85. The normalized spacial score (nSPS) is 31.1. The molecule has 0 spiro atoms. The average Bonchev–Trinajstić information content (AvgIpc) is 3.87. The standard InChI is InChI=1S/C30H37Cl2N5O7S/c31-22-10-11-23(32)21-16-36(15-20(21)22)29(41)44-18-12-25-26(38)34-30(28(40)35-45(42,43)19-8-9-19)13-17(30)6-4-2-1-3-5-7-24(33)27(39)37(25)14-18/h4,6,10-11,17-19,24-25H,1-3,5,7-9,12-16,33H2,(H,34,38)(H,35,40)/b6-4-/t17-,18+,24-,25-,30+/m0/s1. The van der Waals surface area contributed by atoms with Crippen molar-refractivity contribution in [3.63, 3.8) is 0 Å². The van der Waals surface area contributed by atoms with Crippen molar-refractivity contribution in [3.05, 3.63) is 45.5 Å². The van der Waals surface area contributed by atoms with E-state index in [1.807, 2.05) is 12.2 Å². The van der Waals surface area contributed by atoms with Gasteiger partial charge in [-0.2, -0.15) is 0 Å². The van der Waals surface area contributed by atoms with E-state index in [2.05, 4.69) is 10.0 Å². The van der Waals surface area contributed by atoms with E-state index >= 15 is 0 Å². The fourth-order valence-electron chi connectivity index (χ4n) is 6.50. The maximum absolute atomic E-state index is 13.9. The number of halogens is 2. The number of hydrogen-bond acceptors (Lipinski definition) is 8. The van der Waals surface area contributed by atoms with Gasteiger partial charge in [0.25, 0.3) is 5.91 Å². The zero-order valence-electron chi connectivity index (χ0n) is 24.7. The lowest BCUT2D eigenvalue weighted by Crippen LogP contribution is -2.57. The van der Waals surface area contributed by atoms with Gasteiger partial charge in [-0.3, -0.25) is 24.0 Å². The Bertz CT molecular complexity index is 1520. The molecule has 45 heavy (non-hydrogen) atoms. The minimum atomic E-state index is -3.85. The molecular weight excluding hydrogens is 645 g/mol. The van der Waals surface area contributed by atoms with Gasteiger partial charge in [0.05, 0.1) is 30.9 Å². The van der Waals surface area contributed by atoms with Gasteiger partial charge in [0, 0.05) is 22.4 Å². The number of fused-ring (bicyclic) bond motifs is 3. The summed E-state index contributed by atoms with van der Waals surface area (Å²) in [5.74, 6) is -2.27. The van der Waals surface area contributed by atoms with Gasteiger partial charge in [-0.1, -0.05) is 48.2 Å². The molecule has 3 aliphatic heterocycles. The molecule has 2 saturated carbocycles. The van der Waals surface area contributed by atoms with Crippen LogP contribution in [0.15, 0.2) is 24.3 Å². The number of nitrogens with zero attached hydrogens (tertiary/aromatic N) is 2. The second-order valence-corrected chi connectivity index (χ2v) is 15.5. The molecule has 4 amide bonds. The van der Waals surface area contributed by atoms with Crippen LogP contribution in [0.25, 0.3) is 0 Å². The summed E-state index contributed by atoms with van der Waals surface area (Å²) in [5.41, 5.74) is 6.29. The minimum absolute atomic E-state index is 0.0170. The smallest absolute Gasteiger partial charge is 0.410 e. The van der Waals surface area contributed by atoms with Crippen molar-refractivity contribution in [2.45, 2.75) is 99.9 Å². The zero-order chi connectivity index (χ0) is 32.1. The molecule has 0 aromatic heterocycles. The summed E-state index contributed by atoms with van der Waals surface area (Å²) in [6.45, 7) is 0.347. The van der Waals surface area contributed by atoms with E-state index in [-0.39, 0.29) is 32.5 Å². The van der Waals surface area contributed by atoms with Crippen LogP contribution in [0.2, 0.25) is 10.0 Å². The fourth-order valence-corrected chi connectivity index (χ4v) is 8.34. The highest BCUT2D eigenvalue weighted by Gasteiger charge is 2.62. The third-order valence-electron chi connectivity index (χ3n) is 9.42. The minimum Gasteiger partial charge on any atom is -0.444 e. The van der Waals surface area contributed by atoms with E-state index in [1.54, 1.807) is 12.1 Å². The molecule has 6 rings (SSSR count). The molecule has 1 saturated heterocycles. The van der Waals surface area contributed by atoms with E-state index in [4.69, 9.17) is 33.7 Å². The highest BCUT2D eigenvalue weighted by molar-refractivity contribution is 7.91. The van der Waals surface area contributed by atoms with Crippen molar-refractivity contribution in [2.75, 3.05) is 6.54 Å². The summed E-state index contributed by atoms with van der Waals surface area (Å²) in [5, 5.41) is 3.16. The van der Waals surface area contributed by atoms with Gasteiger partial charge in [0.2, 0.25) is 21.8 Å². The van der Waals surface area contributed by atoms with Crippen LogP contribution < -0.4 is 15.8 Å². The third kappa shape index (κ3) is 6.54. The summed E-state index contributed by atoms with van der Waals surface area (Å²) in [6.07, 6.45) is 7.09. The molecule has 12 nitrogen and oxygen atoms in total. The lowest BCUT2D eigenvalue weighted by atomic mass is 10.1. The monoisotopic (exact) mass is 681 g/mol. The van der Waals surface area contributed by atoms with E-state index in [0.29, 0.717) is 29.3 Å². The number of nitrogens with two attached hydrogens (primary N) is 1. The van der Waals surface area contributed by atoms with Crippen LogP contribution in [0.3, 0.4) is 0 Å². The van der Waals surface area contributed by atoms with Crippen LogP contribution >= 0.6 is 23.2 Å². The molecule has 0 radical (unpaired) electrons. The van der Waals surface area contributed by atoms with Gasteiger partial charge in [0.1, 0.15) is 17.7 Å². The molecule has 0 bridgehead atoms. The van der Waals surface area contributed by atoms with Gasteiger partial charge in [-0.25, -0.2) is 13.2 Å². The molecule has 1 aromatic carbocycles. The predicted molar refractivity (Wildman–Crippen MR) is 165 cm³/mol. The summed E-state index contributed by atoms with van der Waals surface area (Å²) < 4.78 is 33.2. The van der Waals surface area contributed by atoms with E-state index < -0.39 is 68.7 Å². The predicted octanol–water partition coefficient (Wildman–Crippen LogP) is 2.75. The Morgan fingerprint density at radius 2 is 1.73 bits per heavy atom. The number of hydrogen-bond donors (Lipinski definition) is 3. The Labute approximate surface area is 272 Å². The van der Waals surface area contributed by atoms with E-state index in [0.717, 1.165) is 36.8 Å². The number of nitrogens with one attached hydrogen (secondary N) is 2. The SMILES string of the molecule is N[C@H]1CCCCC/C=C\[C@H]2C[C@@]2(C(=O)NS(=O)(=O)C2CC2)NC(=O)[C@@H]2C[C@@H](OC(=O)N3Cc4c(Cl)ccc(Cl)c4C3)CN2C1=O. The molecule has 3 fully saturated rings. The Hall–Kier alpha value is -2.87. The van der Waals surface area contributed by atoms with Crippen LogP contribution in [0.4, 0.5) is 4.79 Å². The molecular formula is C30H37Cl2N5O7S. The van der Waals surface area contributed by atoms with Crippen molar-refractivity contribution in [3.8, 4) is 0 Å². The largest absolute Gasteiger partial charge is 0.444 e. The molecule has 3 heterocycles. The molecule has 5 atom stereocenters. The Morgan fingerprint density at radius 3 is 2.40 bits per heavy atom. The number of rotatable bonds is 4. The van der Waals surface area contributed by atoms with E-state index in [1.165, 1.54) is 9.80 Å². The van der Waals surface area contributed by atoms with Gasteiger partial charge in [-0.15, -0.1) is 0 Å². The molecule has 1 aromatic rings. The molecule has 4 N–H and O–H groups in total. The third-order valence-corrected chi connectivity index (χ3v) is 12.0. The van der Waals surface area contributed by atoms with E-state index in [9.17, 15) is 27.6 Å². The number of ether oxygens (including phenoxy) is 1. The quantitative estimate of drug-likeness (QED) is 0.408. The van der Waals surface area contributed by atoms with Crippen molar-refractivity contribution in [2.24, 2.45) is 11.7 Å². The summed E-state index contributed by atoms with van der Waals surface area (Å²) >= 11 is 12.6. The number of allylic oxidation sites excluding steroid dienone is 1. The summed E-state index contributed by atoms with van der Waals surface area (Å²) in [4.78, 5) is 56.9. The number of carbonyl (C=O) groups is 4. The first-order valence-electron chi connectivity index (χ1n) is 15.4. The van der Waals surface area contributed by atoms with Gasteiger partial charge in [0.15, 0.2) is 0 Å². The van der Waals surface area contributed by atoms with Crippen LogP contribution in [0.5, 0.6) is 0 Å². The fraction of sp³-hybridized carbons (Fsp3) is 0.600. The molecule has 5 aliphatic rings. The second-order valence-electron chi connectivity index (χ2n) is 12.7. The molecule has 15 heteroatoms. The maximum Gasteiger partial charge on any atom is 0.410 e. The van der Waals surface area contributed by atoms with Crippen LogP contribution in [0, 0.1) is 5.92 Å². The zero-order valence-corrected chi connectivity index (χ0v) is 27.0. The Kier molecular flexibility index (Phi) is 8.83. The van der Waals surface area contributed by atoms with Crippen LogP contribution in [-0.2, 0) is 42.2 Å². The number of carbonyl (C=O) groups excluding carboxylic acids is 4. The number of benzene rings is 1. The molecule has 244 valence electrons. The maximum atomic E-state index is 13.9. The van der Waals surface area contributed by atoms with Crippen molar-refractivity contribution in [1.29, 1.82) is 0 Å². The van der Waals surface area contributed by atoms with Crippen molar-refractivity contribution >= 4 is 57.0 Å². The topological polar surface area (TPSA) is 168 Å². The lowest BCUT2D eigenvalue weighted by Gasteiger charge is -2.28. The highest BCUT2D eigenvalue weighted by Crippen LogP contribution is 2.46. The Morgan fingerprint density at radius 1 is 1.04 bits per heavy atom. The number of sulfonamides is 1. The molecule has 2 aliphatic carbocycles. The number of amides is 4. The average molecular weight is 683 g/mol. The highest BCUT2D eigenvalue weighted by atomic mass is 35.5. The van der Waals surface area contributed by atoms with Crippen LogP contribution in [-0.4, -0.2) is 77.6 Å². The molecule has 0 unspecified atom stereocenters. The van der Waals surface area contributed by atoms with Crippen molar-refractivity contribution in [1.82, 2.24) is 19.8 Å². The van der Waals surface area contributed by atoms with Gasteiger partial charge < -0.3 is 20.7 Å². The van der Waals surface area contributed by atoms with Gasteiger partial charge >= 0.3 is 6.09 Å². The van der Waals surface area contributed by atoms with Crippen LogP contribution in [0.1, 0.15) is 68.9 Å². The first-order valence-corrected chi connectivity index (χ1v) is 17.7. The second kappa shape index (κ2) is 12.4. The first kappa shape index (κ1) is 32.1. The Balaban J connectivity index is 1.20. The van der Waals surface area contributed by atoms with Crippen molar-refractivity contribution < 1.29 is 32.3 Å². The summed E-state index contributed by atoms with van der Waals surface area (Å²) in [6, 6.07) is 1.40.